The number of hydrogen-bond donors (Lipinski definition) is 0. The van der Waals surface area contributed by atoms with Crippen LogP contribution in [-0.4, -0.2) is 12.9 Å². The van der Waals surface area contributed by atoms with Crippen LogP contribution < -0.4 is 4.74 Å². The van der Waals surface area contributed by atoms with E-state index in [1.807, 2.05) is 36.4 Å². The van der Waals surface area contributed by atoms with Crippen LogP contribution in [0.2, 0.25) is 0 Å². The average molecular weight is 214 g/mol. The van der Waals surface area contributed by atoms with E-state index in [2.05, 4.69) is 0 Å². The molecule has 1 atom stereocenters. The topological polar surface area (TPSA) is 26.3 Å². The van der Waals surface area contributed by atoms with Gasteiger partial charge in [-0.2, -0.15) is 0 Å². The van der Waals surface area contributed by atoms with Crippen LogP contribution in [0.1, 0.15) is 5.56 Å². The first-order valence-electron chi connectivity index (χ1n) is 5.31. The standard InChI is InChI=1S/C14H14O2/c1-16-13-8-6-11(7-9-13)10-12-4-2-3-5-14(12)15/h2-9,12H,10H2,1H3. The Bertz CT molecular complexity index is 427. The highest BCUT2D eigenvalue weighted by molar-refractivity contribution is 5.94. The number of rotatable bonds is 3. The summed E-state index contributed by atoms with van der Waals surface area (Å²) >= 11 is 0. The Labute approximate surface area is 95.2 Å². The van der Waals surface area contributed by atoms with Gasteiger partial charge in [-0.15, -0.1) is 0 Å². The third-order valence-corrected chi connectivity index (χ3v) is 2.70. The third-order valence-electron chi connectivity index (χ3n) is 2.70. The lowest BCUT2D eigenvalue weighted by Gasteiger charge is -2.11. The molecule has 1 aliphatic carbocycles. The Balaban J connectivity index is 2.06. The summed E-state index contributed by atoms with van der Waals surface area (Å²) in [7, 11) is 1.65. The molecule has 0 amide bonds. The van der Waals surface area contributed by atoms with Crippen molar-refractivity contribution in [2.24, 2.45) is 5.92 Å². The number of benzene rings is 1. The summed E-state index contributed by atoms with van der Waals surface area (Å²) in [5.41, 5.74) is 1.15. The van der Waals surface area contributed by atoms with Gasteiger partial charge in [0, 0.05) is 5.92 Å². The quantitative estimate of drug-likeness (QED) is 0.773. The van der Waals surface area contributed by atoms with E-state index in [1.165, 1.54) is 0 Å². The van der Waals surface area contributed by atoms with Crippen molar-refractivity contribution in [1.29, 1.82) is 0 Å². The van der Waals surface area contributed by atoms with Crippen LogP contribution in [0.25, 0.3) is 0 Å². The van der Waals surface area contributed by atoms with Crippen LogP contribution in [0.5, 0.6) is 5.75 Å². The molecule has 0 aromatic heterocycles. The van der Waals surface area contributed by atoms with Gasteiger partial charge in [0.15, 0.2) is 5.78 Å². The molecule has 0 saturated heterocycles. The normalized spacial score (nSPS) is 18.8. The van der Waals surface area contributed by atoms with Crippen molar-refractivity contribution in [3.05, 3.63) is 54.1 Å². The van der Waals surface area contributed by atoms with Gasteiger partial charge in [-0.3, -0.25) is 4.79 Å². The summed E-state index contributed by atoms with van der Waals surface area (Å²) in [6.45, 7) is 0. The highest BCUT2D eigenvalue weighted by Crippen LogP contribution is 2.17. The van der Waals surface area contributed by atoms with E-state index in [0.717, 1.165) is 17.7 Å². The summed E-state index contributed by atoms with van der Waals surface area (Å²) in [6.07, 6.45) is 8.05. The largest absolute Gasteiger partial charge is 0.497 e. The molecule has 0 fully saturated rings. The van der Waals surface area contributed by atoms with Gasteiger partial charge >= 0.3 is 0 Å². The zero-order chi connectivity index (χ0) is 11.4. The Morgan fingerprint density at radius 3 is 2.56 bits per heavy atom. The fourth-order valence-electron chi connectivity index (χ4n) is 1.75. The van der Waals surface area contributed by atoms with Gasteiger partial charge in [0.05, 0.1) is 7.11 Å². The van der Waals surface area contributed by atoms with E-state index >= 15 is 0 Å². The van der Waals surface area contributed by atoms with Crippen molar-refractivity contribution >= 4 is 5.78 Å². The van der Waals surface area contributed by atoms with Crippen LogP contribution in [-0.2, 0) is 11.2 Å². The van der Waals surface area contributed by atoms with Gasteiger partial charge in [-0.25, -0.2) is 0 Å². The Kier molecular flexibility index (Phi) is 3.20. The second-order valence-electron chi connectivity index (χ2n) is 3.81. The lowest BCUT2D eigenvalue weighted by molar-refractivity contribution is -0.117. The molecule has 1 aromatic rings. The van der Waals surface area contributed by atoms with Crippen molar-refractivity contribution in [3.8, 4) is 5.75 Å². The maximum atomic E-state index is 11.6. The predicted octanol–water partition coefficient (Wildman–Crippen LogP) is 2.55. The monoisotopic (exact) mass is 214 g/mol. The molecule has 2 nitrogen and oxygen atoms in total. The maximum Gasteiger partial charge on any atom is 0.162 e. The summed E-state index contributed by atoms with van der Waals surface area (Å²) in [4.78, 5) is 11.6. The number of methoxy groups -OCH3 is 1. The van der Waals surface area contributed by atoms with Crippen molar-refractivity contribution in [2.75, 3.05) is 7.11 Å². The molecule has 2 heteroatoms. The molecule has 0 saturated carbocycles. The summed E-state index contributed by atoms with van der Waals surface area (Å²) in [5.74, 6) is 1.01. The van der Waals surface area contributed by atoms with E-state index in [9.17, 15) is 4.79 Å². The van der Waals surface area contributed by atoms with Crippen LogP contribution in [0.15, 0.2) is 48.6 Å². The highest BCUT2D eigenvalue weighted by atomic mass is 16.5. The van der Waals surface area contributed by atoms with Crippen LogP contribution in [0, 0.1) is 5.92 Å². The first kappa shape index (κ1) is 10.7. The Morgan fingerprint density at radius 1 is 1.19 bits per heavy atom. The zero-order valence-electron chi connectivity index (χ0n) is 9.22. The molecular weight excluding hydrogens is 200 g/mol. The van der Waals surface area contributed by atoms with Gasteiger partial charge in [0.25, 0.3) is 0 Å². The first-order valence-corrected chi connectivity index (χ1v) is 5.31. The summed E-state index contributed by atoms with van der Waals surface area (Å²) in [6, 6.07) is 7.83. The lowest BCUT2D eigenvalue weighted by Crippen LogP contribution is -2.14. The third kappa shape index (κ3) is 2.40. The van der Waals surface area contributed by atoms with Gasteiger partial charge in [0.2, 0.25) is 0 Å². The number of carbonyl (C=O) groups is 1. The molecular formula is C14H14O2. The van der Waals surface area contributed by atoms with Gasteiger partial charge in [-0.1, -0.05) is 30.4 Å². The summed E-state index contributed by atoms with van der Waals surface area (Å²) in [5, 5.41) is 0. The van der Waals surface area contributed by atoms with Crippen molar-refractivity contribution in [1.82, 2.24) is 0 Å². The average Bonchev–Trinajstić information content (AvgIpc) is 2.33. The van der Waals surface area contributed by atoms with E-state index in [1.54, 1.807) is 19.3 Å². The molecule has 0 radical (unpaired) electrons. The minimum absolute atomic E-state index is 0.0154. The molecule has 2 rings (SSSR count). The molecule has 1 aliphatic rings. The van der Waals surface area contributed by atoms with E-state index in [-0.39, 0.29) is 11.7 Å². The first-order chi connectivity index (χ1) is 7.79. The van der Waals surface area contributed by atoms with Gasteiger partial charge in [0.1, 0.15) is 5.75 Å². The smallest absolute Gasteiger partial charge is 0.162 e. The SMILES string of the molecule is COc1ccc(CC2C=CC=CC2=O)cc1. The number of ketones is 1. The number of allylic oxidation sites excluding steroid dienone is 4. The maximum absolute atomic E-state index is 11.6. The van der Waals surface area contributed by atoms with Crippen LogP contribution in [0.3, 0.4) is 0 Å². The van der Waals surface area contributed by atoms with Gasteiger partial charge in [-0.05, 0) is 30.2 Å². The molecule has 0 spiro atoms. The van der Waals surface area contributed by atoms with Crippen LogP contribution in [0.4, 0.5) is 0 Å². The molecule has 1 unspecified atom stereocenters. The fraction of sp³-hybridized carbons (Fsp3) is 0.214. The lowest BCUT2D eigenvalue weighted by atomic mass is 9.92. The molecule has 1 aromatic carbocycles. The molecule has 0 N–H and O–H groups in total. The van der Waals surface area contributed by atoms with E-state index in [0.29, 0.717) is 0 Å². The predicted molar refractivity (Wildman–Crippen MR) is 63.5 cm³/mol. The summed E-state index contributed by atoms with van der Waals surface area (Å²) < 4.78 is 5.09. The van der Waals surface area contributed by atoms with Crippen molar-refractivity contribution < 1.29 is 9.53 Å². The Hall–Kier alpha value is -1.83. The number of carbonyl (C=O) groups excluding carboxylic acids is 1. The molecule has 0 bridgehead atoms. The fourth-order valence-corrected chi connectivity index (χ4v) is 1.75. The van der Waals surface area contributed by atoms with Crippen LogP contribution >= 0.6 is 0 Å². The van der Waals surface area contributed by atoms with Crippen molar-refractivity contribution in [2.45, 2.75) is 6.42 Å². The molecule has 0 heterocycles. The van der Waals surface area contributed by atoms with E-state index in [4.69, 9.17) is 4.74 Å². The van der Waals surface area contributed by atoms with E-state index < -0.39 is 0 Å². The highest BCUT2D eigenvalue weighted by Gasteiger charge is 2.14. The minimum atomic E-state index is -0.0154. The molecule has 0 aliphatic heterocycles. The molecule has 82 valence electrons. The zero-order valence-corrected chi connectivity index (χ0v) is 9.22. The number of ether oxygens (including phenoxy) is 1. The minimum Gasteiger partial charge on any atom is -0.497 e. The number of hydrogen-bond acceptors (Lipinski definition) is 2. The molecule has 16 heavy (non-hydrogen) atoms. The van der Waals surface area contributed by atoms with Gasteiger partial charge < -0.3 is 4.74 Å². The van der Waals surface area contributed by atoms with Crippen molar-refractivity contribution in [3.63, 3.8) is 0 Å². The Morgan fingerprint density at radius 2 is 1.94 bits per heavy atom. The second-order valence-corrected chi connectivity index (χ2v) is 3.81. The second kappa shape index (κ2) is 4.79.